The molecule has 0 aromatic heterocycles. The minimum absolute atomic E-state index is 0.148. The van der Waals surface area contributed by atoms with E-state index in [2.05, 4.69) is 24.8 Å². The van der Waals surface area contributed by atoms with Crippen molar-refractivity contribution in [1.29, 1.82) is 5.41 Å². The van der Waals surface area contributed by atoms with E-state index in [1.165, 1.54) is 18.7 Å². The van der Waals surface area contributed by atoms with Gasteiger partial charge in [0.1, 0.15) is 5.84 Å². The summed E-state index contributed by atoms with van der Waals surface area (Å²) in [7, 11) is 0. The number of nitrogens with zero attached hydrogens (tertiary/aromatic N) is 1. The van der Waals surface area contributed by atoms with Crippen LogP contribution in [0.5, 0.6) is 0 Å². The molecule has 0 aliphatic carbocycles. The molecular weight excluding hydrogens is 210 g/mol. The Bertz CT molecular complexity index is 404. The third-order valence-corrected chi connectivity index (χ3v) is 3.71. The van der Waals surface area contributed by atoms with Crippen LogP contribution < -0.4 is 5.73 Å². The van der Waals surface area contributed by atoms with Gasteiger partial charge in [-0.1, -0.05) is 32.0 Å². The van der Waals surface area contributed by atoms with Crippen molar-refractivity contribution in [1.82, 2.24) is 4.90 Å². The number of likely N-dealkylation sites (tertiary alicyclic amines) is 1. The van der Waals surface area contributed by atoms with Gasteiger partial charge in [0.05, 0.1) is 0 Å². The molecule has 3 N–H and O–H groups in total. The van der Waals surface area contributed by atoms with Crippen LogP contribution in [0.4, 0.5) is 0 Å². The fraction of sp³-hybridized carbons (Fsp3) is 0.500. The van der Waals surface area contributed by atoms with E-state index in [-0.39, 0.29) is 5.84 Å². The third-order valence-electron chi connectivity index (χ3n) is 3.71. The van der Waals surface area contributed by atoms with Gasteiger partial charge in [-0.15, -0.1) is 0 Å². The Kier molecular flexibility index (Phi) is 3.48. The fourth-order valence-electron chi connectivity index (χ4n) is 2.47. The molecule has 0 radical (unpaired) electrons. The topological polar surface area (TPSA) is 53.1 Å². The maximum atomic E-state index is 7.44. The molecule has 1 fully saturated rings. The fourth-order valence-corrected chi connectivity index (χ4v) is 2.47. The molecule has 1 aliphatic heterocycles. The van der Waals surface area contributed by atoms with Crippen molar-refractivity contribution >= 4 is 5.84 Å². The van der Waals surface area contributed by atoms with E-state index in [9.17, 15) is 0 Å². The molecule has 0 spiro atoms. The Hall–Kier alpha value is -1.35. The van der Waals surface area contributed by atoms with Crippen LogP contribution in [0.3, 0.4) is 0 Å². The zero-order valence-corrected chi connectivity index (χ0v) is 10.6. The van der Waals surface area contributed by atoms with Crippen molar-refractivity contribution in [2.45, 2.75) is 20.4 Å². The van der Waals surface area contributed by atoms with Crippen LogP contribution in [-0.4, -0.2) is 23.8 Å². The normalized spacial score (nSPS) is 25.1. The van der Waals surface area contributed by atoms with Crippen molar-refractivity contribution < 1.29 is 0 Å². The van der Waals surface area contributed by atoms with Gasteiger partial charge in [0, 0.05) is 25.2 Å². The second-order valence-electron chi connectivity index (χ2n) is 5.26. The van der Waals surface area contributed by atoms with Gasteiger partial charge in [0.2, 0.25) is 0 Å². The number of amidine groups is 1. The summed E-state index contributed by atoms with van der Waals surface area (Å²) in [4.78, 5) is 2.48. The number of nitrogens with two attached hydrogens (primary N) is 1. The van der Waals surface area contributed by atoms with Gasteiger partial charge in [-0.05, 0) is 23.5 Å². The number of benzene rings is 1. The molecule has 0 amide bonds. The van der Waals surface area contributed by atoms with Crippen LogP contribution in [0.2, 0.25) is 0 Å². The Labute approximate surface area is 103 Å². The molecule has 0 saturated carbocycles. The lowest BCUT2D eigenvalue weighted by molar-refractivity contribution is 0.316. The van der Waals surface area contributed by atoms with E-state index in [0.717, 1.165) is 23.9 Å². The van der Waals surface area contributed by atoms with Crippen molar-refractivity contribution in [3.63, 3.8) is 0 Å². The van der Waals surface area contributed by atoms with Crippen LogP contribution >= 0.6 is 0 Å². The van der Waals surface area contributed by atoms with E-state index in [1.54, 1.807) is 0 Å². The Morgan fingerprint density at radius 1 is 1.35 bits per heavy atom. The first-order chi connectivity index (χ1) is 8.06. The molecule has 0 bridgehead atoms. The Morgan fingerprint density at radius 3 is 2.59 bits per heavy atom. The average molecular weight is 231 g/mol. The van der Waals surface area contributed by atoms with Crippen LogP contribution in [0.1, 0.15) is 25.0 Å². The third kappa shape index (κ3) is 2.86. The zero-order chi connectivity index (χ0) is 12.4. The van der Waals surface area contributed by atoms with E-state index < -0.39 is 0 Å². The molecule has 3 nitrogen and oxygen atoms in total. The SMILES string of the molecule is CC1CN(Cc2cccc(C(=N)N)c2)CC1C. The van der Waals surface area contributed by atoms with Gasteiger partial charge in [-0.2, -0.15) is 0 Å². The van der Waals surface area contributed by atoms with E-state index in [1.807, 2.05) is 18.2 Å². The molecule has 2 rings (SSSR count). The van der Waals surface area contributed by atoms with Crippen molar-refractivity contribution in [3.8, 4) is 0 Å². The average Bonchev–Trinajstić information content (AvgIpc) is 2.58. The number of nitrogen functional groups attached to an aromatic ring is 1. The maximum absolute atomic E-state index is 7.44. The zero-order valence-electron chi connectivity index (χ0n) is 10.6. The molecule has 1 aliphatic rings. The van der Waals surface area contributed by atoms with Gasteiger partial charge in [0.25, 0.3) is 0 Å². The summed E-state index contributed by atoms with van der Waals surface area (Å²) in [5.74, 6) is 1.71. The predicted octanol–water partition coefficient (Wildman–Crippen LogP) is 2.06. The summed E-state index contributed by atoms with van der Waals surface area (Å²) in [6.45, 7) is 7.94. The van der Waals surface area contributed by atoms with Gasteiger partial charge in [-0.25, -0.2) is 0 Å². The summed E-state index contributed by atoms with van der Waals surface area (Å²) in [5.41, 5.74) is 7.58. The number of hydrogen-bond donors (Lipinski definition) is 2. The second kappa shape index (κ2) is 4.88. The Balaban J connectivity index is 2.04. The van der Waals surface area contributed by atoms with Crippen LogP contribution in [-0.2, 0) is 6.54 Å². The van der Waals surface area contributed by atoms with E-state index in [0.29, 0.717) is 0 Å². The lowest BCUT2D eigenvalue weighted by Gasteiger charge is -2.15. The van der Waals surface area contributed by atoms with Gasteiger partial charge >= 0.3 is 0 Å². The Morgan fingerprint density at radius 2 is 2.00 bits per heavy atom. The molecule has 1 saturated heterocycles. The number of rotatable bonds is 3. The first-order valence-corrected chi connectivity index (χ1v) is 6.22. The number of hydrogen-bond acceptors (Lipinski definition) is 2. The maximum Gasteiger partial charge on any atom is 0.122 e. The highest BCUT2D eigenvalue weighted by Crippen LogP contribution is 2.23. The largest absolute Gasteiger partial charge is 0.384 e. The minimum Gasteiger partial charge on any atom is -0.384 e. The molecule has 1 heterocycles. The molecule has 17 heavy (non-hydrogen) atoms. The molecule has 2 unspecified atom stereocenters. The molecular formula is C14H21N3. The van der Waals surface area contributed by atoms with E-state index in [4.69, 9.17) is 11.1 Å². The number of nitrogens with one attached hydrogen (secondary N) is 1. The summed E-state index contributed by atoms with van der Waals surface area (Å²) in [6.07, 6.45) is 0. The first-order valence-electron chi connectivity index (χ1n) is 6.22. The summed E-state index contributed by atoms with van der Waals surface area (Å²) in [5, 5.41) is 7.44. The highest BCUT2D eigenvalue weighted by Gasteiger charge is 2.25. The predicted molar refractivity (Wildman–Crippen MR) is 71.1 cm³/mol. The first kappa shape index (κ1) is 12.1. The van der Waals surface area contributed by atoms with Crippen LogP contribution in [0.15, 0.2) is 24.3 Å². The lowest BCUT2D eigenvalue weighted by Crippen LogP contribution is -2.20. The van der Waals surface area contributed by atoms with Crippen LogP contribution in [0.25, 0.3) is 0 Å². The molecule has 2 atom stereocenters. The van der Waals surface area contributed by atoms with Gasteiger partial charge in [0.15, 0.2) is 0 Å². The van der Waals surface area contributed by atoms with Crippen molar-refractivity contribution in [2.24, 2.45) is 17.6 Å². The summed E-state index contributed by atoms with van der Waals surface area (Å²) in [6, 6.07) is 8.01. The van der Waals surface area contributed by atoms with Crippen molar-refractivity contribution in [2.75, 3.05) is 13.1 Å². The van der Waals surface area contributed by atoms with Crippen LogP contribution in [0, 0.1) is 17.2 Å². The summed E-state index contributed by atoms with van der Waals surface area (Å²) < 4.78 is 0. The van der Waals surface area contributed by atoms with Gasteiger partial charge in [-0.3, -0.25) is 10.3 Å². The standard InChI is InChI=1S/C14H21N3/c1-10-7-17(8-11(10)2)9-12-4-3-5-13(6-12)14(15)16/h3-6,10-11H,7-9H2,1-2H3,(H3,15,16). The molecule has 92 valence electrons. The minimum atomic E-state index is 0.148. The monoisotopic (exact) mass is 231 g/mol. The quantitative estimate of drug-likeness (QED) is 0.618. The highest BCUT2D eigenvalue weighted by atomic mass is 15.1. The smallest absolute Gasteiger partial charge is 0.122 e. The molecule has 3 heteroatoms. The second-order valence-corrected chi connectivity index (χ2v) is 5.26. The highest BCUT2D eigenvalue weighted by molar-refractivity contribution is 5.95. The summed E-state index contributed by atoms with van der Waals surface area (Å²) >= 11 is 0. The van der Waals surface area contributed by atoms with Gasteiger partial charge < -0.3 is 5.73 Å². The molecule has 1 aromatic carbocycles. The van der Waals surface area contributed by atoms with E-state index >= 15 is 0 Å². The lowest BCUT2D eigenvalue weighted by atomic mass is 10.0. The van der Waals surface area contributed by atoms with Crippen molar-refractivity contribution in [3.05, 3.63) is 35.4 Å². The molecule has 1 aromatic rings.